The van der Waals surface area contributed by atoms with E-state index in [1.165, 1.54) is 0 Å². The van der Waals surface area contributed by atoms with E-state index in [0.29, 0.717) is 12.8 Å². The molecule has 22 heavy (non-hydrogen) atoms. The van der Waals surface area contributed by atoms with Crippen LogP contribution in [0.2, 0.25) is 0 Å². The fraction of sp³-hybridized carbons (Fsp3) is 0.529. The minimum Gasteiger partial charge on any atom is -0.342 e. The van der Waals surface area contributed by atoms with Gasteiger partial charge in [0.2, 0.25) is 11.8 Å². The maximum Gasteiger partial charge on any atom is 0.240 e. The zero-order valence-electron chi connectivity index (χ0n) is 13.2. The third-order valence-corrected chi connectivity index (χ3v) is 4.50. The van der Waals surface area contributed by atoms with Gasteiger partial charge in [0.15, 0.2) is 0 Å². The molecular weight excluding hydrogens is 344 g/mol. The molecule has 120 valence electrons. The Hall–Kier alpha value is -1.36. The summed E-state index contributed by atoms with van der Waals surface area (Å²) in [5.41, 5.74) is -0.109. The van der Waals surface area contributed by atoms with Crippen molar-refractivity contribution < 1.29 is 9.59 Å². The van der Waals surface area contributed by atoms with Gasteiger partial charge in [0, 0.05) is 23.2 Å². The third kappa shape index (κ3) is 3.69. The monoisotopic (exact) mass is 366 g/mol. The van der Waals surface area contributed by atoms with Gasteiger partial charge in [-0.25, -0.2) is 0 Å². The van der Waals surface area contributed by atoms with Gasteiger partial charge >= 0.3 is 0 Å². The second-order valence-electron chi connectivity index (χ2n) is 5.84. The molecule has 1 fully saturated rings. The highest BCUT2D eigenvalue weighted by molar-refractivity contribution is 9.10. The molecule has 4 nitrogen and oxygen atoms in total. The van der Waals surface area contributed by atoms with Gasteiger partial charge in [-0.15, -0.1) is 0 Å². The van der Waals surface area contributed by atoms with Crippen molar-refractivity contribution in [2.24, 2.45) is 5.41 Å². The van der Waals surface area contributed by atoms with Gasteiger partial charge in [-0.2, -0.15) is 0 Å². The van der Waals surface area contributed by atoms with E-state index < -0.39 is 5.41 Å². The molecule has 0 bridgehead atoms. The lowest BCUT2D eigenvalue weighted by Gasteiger charge is -2.26. The first-order valence-corrected chi connectivity index (χ1v) is 8.69. The molecule has 0 heterocycles. The molecule has 0 radical (unpaired) electrons. The first-order valence-electron chi connectivity index (χ1n) is 7.90. The second-order valence-corrected chi connectivity index (χ2v) is 6.75. The molecule has 1 aromatic rings. The normalized spacial score (nSPS) is 15.2. The number of carbonyl (C=O) groups is 2. The summed E-state index contributed by atoms with van der Waals surface area (Å²) in [5.74, 6) is -0.178. The Labute approximate surface area is 140 Å². The van der Waals surface area contributed by atoms with Crippen LogP contribution in [0, 0.1) is 5.41 Å². The predicted octanol–water partition coefficient (Wildman–Crippen LogP) is 3.82. The van der Waals surface area contributed by atoms with Crippen molar-refractivity contribution in [3.63, 3.8) is 0 Å². The highest BCUT2D eigenvalue weighted by Crippen LogP contribution is 2.48. The minimum absolute atomic E-state index is 0.00851. The van der Waals surface area contributed by atoms with E-state index in [1.54, 1.807) is 0 Å². The molecule has 0 spiro atoms. The standard InChI is InChI=1S/C17H23BrN2O2/c1-3-11-20(12-4-2)16(22)17(9-10-17)15(21)19-14-7-5-13(18)6-8-14/h5-8H,3-4,9-12H2,1-2H3,(H,19,21). The van der Waals surface area contributed by atoms with Crippen LogP contribution in [0.3, 0.4) is 0 Å². The van der Waals surface area contributed by atoms with E-state index in [4.69, 9.17) is 0 Å². The van der Waals surface area contributed by atoms with Gasteiger partial charge in [0.25, 0.3) is 0 Å². The number of halogens is 1. The summed E-state index contributed by atoms with van der Waals surface area (Å²) in [6.07, 6.45) is 3.13. The van der Waals surface area contributed by atoms with Crippen LogP contribution in [0.1, 0.15) is 39.5 Å². The largest absolute Gasteiger partial charge is 0.342 e. The molecule has 2 amide bonds. The zero-order chi connectivity index (χ0) is 16.2. The lowest BCUT2D eigenvalue weighted by molar-refractivity contribution is -0.142. The van der Waals surface area contributed by atoms with Crippen molar-refractivity contribution in [2.75, 3.05) is 18.4 Å². The number of rotatable bonds is 7. The van der Waals surface area contributed by atoms with Crippen LogP contribution in [0.25, 0.3) is 0 Å². The molecular formula is C17H23BrN2O2. The number of amides is 2. The summed E-state index contributed by atoms with van der Waals surface area (Å²) < 4.78 is 0.958. The Morgan fingerprint density at radius 2 is 1.68 bits per heavy atom. The first-order chi connectivity index (χ1) is 10.5. The molecule has 0 unspecified atom stereocenters. The summed E-state index contributed by atoms with van der Waals surface area (Å²) in [7, 11) is 0. The quantitative estimate of drug-likeness (QED) is 0.745. The number of anilines is 1. The van der Waals surface area contributed by atoms with Crippen molar-refractivity contribution in [1.82, 2.24) is 4.90 Å². The Morgan fingerprint density at radius 3 is 2.14 bits per heavy atom. The predicted molar refractivity (Wildman–Crippen MR) is 91.6 cm³/mol. The molecule has 1 N–H and O–H groups in total. The van der Waals surface area contributed by atoms with Gasteiger partial charge in [0.1, 0.15) is 5.41 Å². The van der Waals surface area contributed by atoms with Crippen LogP contribution in [0.15, 0.2) is 28.7 Å². The first kappa shape index (κ1) is 17.0. The molecule has 1 aliphatic carbocycles. The maximum absolute atomic E-state index is 12.8. The summed E-state index contributed by atoms with van der Waals surface area (Å²) >= 11 is 3.37. The SMILES string of the molecule is CCCN(CCC)C(=O)C1(C(=O)Nc2ccc(Br)cc2)CC1. The number of benzene rings is 1. The van der Waals surface area contributed by atoms with Gasteiger partial charge in [-0.1, -0.05) is 29.8 Å². The van der Waals surface area contributed by atoms with Gasteiger partial charge < -0.3 is 10.2 Å². The highest BCUT2D eigenvalue weighted by Gasteiger charge is 2.57. The molecule has 2 rings (SSSR count). The van der Waals surface area contributed by atoms with Crippen LogP contribution in [0.4, 0.5) is 5.69 Å². The Bertz CT molecular complexity index is 532. The van der Waals surface area contributed by atoms with E-state index >= 15 is 0 Å². The van der Waals surface area contributed by atoms with E-state index in [9.17, 15) is 9.59 Å². The molecule has 1 aromatic carbocycles. The van der Waals surface area contributed by atoms with Crippen LogP contribution in [0.5, 0.6) is 0 Å². The maximum atomic E-state index is 12.8. The number of hydrogen-bond acceptors (Lipinski definition) is 2. The van der Waals surface area contributed by atoms with E-state index in [-0.39, 0.29) is 11.8 Å². The summed E-state index contributed by atoms with van der Waals surface area (Å²) in [5, 5.41) is 2.88. The van der Waals surface area contributed by atoms with E-state index in [2.05, 4.69) is 35.1 Å². The molecule has 0 aliphatic heterocycles. The number of hydrogen-bond donors (Lipinski definition) is 1. The molecule has 5 heteroatoms. The van der Waals surface area contributed by atoms with Crippen molar-refractivity contribution in [1.29, 1.82) is 0 Å². The van der Waals surface area contributed by atoms with Crippen molar-refractivity contribution in [3.8, 4) is 0 Å². The number of nitrogens with one attached hydrogen (secondary N) is 1. The number of nitrogens with zero attached hydrogens (tertiary/aromatic N) is 1. The third-order valence-electron chi connectivity index (χ3n) is 3.97. The molecule has 1 saturated carbocycles. The van der Waals surface area contributed by atoms with E-state index in [0.717, 1.165) is 36.1 Å². The molecule has 1 aliphatic rings. The highest BCUT2D eigenvalue weighted by atomic mass is 79.9. The fourth-order valence-corrected chi connectivity index (χ4v) is 2.87. The smallest absolute Gasteiger partial charge is 0.240 e. The average Bonchev–Trinajstić information content (AvgIpc) is 3.30. The topological polar surface area (TPSA) is 49.4 Å². The average molecular weight is 367 g/mol. The molecule has 0 saturated heterocycles. The summed E-state index contributed by atoms with van der Waals surface area (Å²) in [6.45, 7) is 5.55. The Balaban J connectivity index is 2.07. The minimum atomic E-state index is -0.836. The lowest BCUT2D eigenvalue weighted by Crippen LogP contribution is -2.43. The van der Waals surface area contributed by atoms with Crippen LogP contribution < -0.4 is 5.32 Å². The molecule has 0 atom stereocenters. The van der Waals surface area contributed by atoms with Crippen LogP contribution in [-0.2, 0) is 9.59 Å². The van der Waals surface area contributed by atoms with Crippen LogP contribution >= 0.6 is 15.9 Å². The zero-order valence-corrected chi connectivity index (χ0v) is 14.8. The van der Waals surface area contributed by atoms with Crippen molar-refractivity contribution in [2.45, 2.75) is 39.5 Å². The van der Waals surface area contributed by atoms with Crippen molar-refractivity contribution >= 4 is 33.4 Å². The van der Waals surface area contributed by atoms with Crippen molar-refractivity contribution in [3.05, 3.63) is 28.7 Å². The summed E-state index contributed by atoms with van der Waals surface area (Å²) in [4.78, 5) is 27.2. The lowest BCUT2D eigenvalue weighted by atomic mass is 10.0. The van der Waals surface area contributed by atoms with Gasteiger partial charge in [-0.05, 0) is 49.9 Å². The Kier molecular flexibility index (Phi) is 5.62. The van der Waals surface area contributed by atoms with Gasteiger partial charge in [0.05, 0.1) is 0 Å². The van der Waals surface area contributed by atoms with E-state index in [1.807, 2.05) is 29.2 Å². The summed E-state index contributed by atoms with van der Waals surface area (Å²) in [6, 6.07) is 7.41. The number of carbonyl (C=O) groups excluding carboxylic acids is 2. The fourth-order valence-electron chi connectivity index (χ4n) is 2.60. The molecule has 0 aromatic heterocycles. The Morgan fingerprint density at radius 1 is 1.14 bits per heavy atom. The second kappa shape index (κ2) is 7.27. The van der Waals surface area contributed by atoms with Crippen LogP contribution in [-0.4, -0.2) is 29.8 Å². The van der Waals surface area contributed by atoms with Gasteiger partial charge in [-0.3, -0.25) is 9.59 Å².